The molecule has 6 rings (SSSR count). The summed E-state index contributed by atoms with van der Waals surface area (Å²) in [5.74, 6) is -0.459. The number of Topliss-reactive ketones (excluding diaryl/α,β-unsaturated/α-hetero) is 2. The number of aromatic nitrogens is 1. The van der Waals surface area contributed by atoms with E-state index in [0.717, 1.165) is 60.1 Å². The van der Waals surface area contributed by atoms with Gasteiger partial charge in [0, 0.05) is 60.7 Å². The minimum absolute atomic E-state index is 0.00592. The van der Waals surface area contributed by atoms with Crippen molar-refractivity contribution < 1.29 is 28.7 Å². The Hall–Kier alpha value is -4.24. The molecule has 0 spiro atoms. The smallest absolute Gasteiger partial charge is 0.331 e. The molecule has 2 aromatic carbocycles. The summed E-state index contributed by atoms with van der Waals surface area (Å²) in [7, 11) is 0. The van der Waals surface area contributed by atoms with Gasteiger partial charge in [0.25, 0.3) is 0 Å². The Morgan fingerprint density at radius 1 is 1.00 bits per heavy atom. The van der Waals surface area contributed by atoms with Crippen LogP contribution in [0.4, 0.5) is 0 Å². The standard InChI is InChI=1S/C31H31N3O6/c1-3-34-26-10-6-21(29(36)20-4-7-22(8-5-20)33-13-16-38-17-14-33)18-24(26)28-27(34)11-9-23-30(37)25(32-40-19(2)35)12-15-39-31(23)28/h4,6-7,9-11,18H,3,5,8,12-17H2,1-2H3/b32-25+. The van der Waals surface area contributed by atoms with Crippen LogP contribution in [0.15, 0.2) is 58.9 Å². The summed E-state index contributed by atoms with van der Waals surface area (Å²) in [5.41, 5.74) is 5.02. The predicted molar refractivity (Wildman–Crippen MR) is 151 cm³/mol. The molecule has 40 heavy (non-hydrogen) atoms. The Kier molecular flexibility index (Phi) is 6.98. The Labute approximate surface area is 231 Å². The van der Waals surface area contributed by atoms with Gasteiger partial charge in [0.1, 0.15) is 11.5 Å². The second-order valence-electron chi connectivity index (χ2n) is 10.1. The molecule has 0 N–H and O–H groups in total. The van der Waals surface area contributed by atoms with Gasteiger partial charge in [-0.3, -0.25) is 9.59 Å². The zero-order chi connectivity index (χ0) is 27.8. The molecule has 0 bridgehead atoms. The second kappa shape index (κ2) is 10.7. The third kappa shape index (κ3) is 4.60. The van der Waals surface area contributed by atoms with Gasteiger partial charge in [-0.05, 0) is 56.2 Å². The molecule has 9 heteroatoms. The number of rotatable bonds is 5. The van der Waals surface area contributed by atoms with Gasteiger partial charge in [0.15, 0.2) is 5.78 Å². The van der Waals surface area contributed by atoms with Crippen LogP contribution in [0, 0.1) is 0 Å². The highest BCUT2D eigenvalue weighted by atomic mass is 16.7. The van der Waals surface area contributed by atoms with Crippen molar-refractivity contribution >= 4 is 45.1 Å². The minimum atomic E-state index is -0.592. The zero-order valence-corrected chi connectivity index (χ0v) is 22.7. The summed E-state index contributed by atoms with van der Waals surface area (Å²) >= 11 is 0. The van der Waals surface area contributed by atoms with Crippen LogP contribution in [-0.2, 0) is 20.9 Å². The maximum Gasteiger partial charge on any atom is 0.331 e. The SMILES string of the molecule is CCn1c2ccc(C(=O)C3=CC=C(N4CCOCC4)CC3)cc2c2c3c(ccc21)C(=O)/C(=N/OC(C)=O)CCO3. The van der Waals surface area contributed by atoms with Crippen LogP contribution in [0.25, 0.3) is 21.8 Å². The summed E-state index contributed by atoms with van der Waals surface area (Å²) in [4.78, 5) is 45.3. The first kappa shape index (κ1) is 26.0. The van der Waals surface area contributed by atoms with Crippen LogP contribution in [0.2, 0.25) is 0 Å². The average Bonchev–Trinajstić information content (AvgIpc) is 3.22. The number of allylic oxidation sites excluding steroid dienone is 4. The van der Waals surface area contributed by atoms with Crippen molar-refractivity contribution in [2.24, 2.45) is 5.16 Å². The molecule has 0 radical (unpaired) electrons. The molecule has 0 atom stereocenters. The Bertz CT molecular complexity index is 1640. The van der Waals surface area contributed by atoms with Crippen molar-refractivity contribution in [3.05, 3.63) is 64.9 Å². The van der Waals surface area contributed by atoms with Crippen molar-refractivity contribution in [2.75, 3.05) is 32.9 Å². The Morgan fingerprint density at radius 2 is 1.80 bits per heavy atom. The molecule has 2 aliphatic heterocycles. The van der Waals surface area contributed by atoms with Crippen molar-refractivity contribution in [3.8, 4) is 5.75 Å². The first-order chi connectivity index (χ1) is 19.5. The van der Waals surface area contributed by atoms with Crippen LogP contribution < -0.4 is 4.74 Å². The molecule has 1 fully saturated rings. The van der Waals surface area contributed by atoms with E-state index in [1.54, 1.807) is 6.07 Å². The van der Waals surface area contributed by atoms with E-state index in [4.69, 9.17) is 14.3 Å². The molecule has 9 nitrogen and oxygen atoms in total. The largest absolute Gasteiger partial charge is 0.492 e. The second-order valence-corrected chi connectivity index (χ2v) is 10.1. The van der Waals surface area contributed by atoms with Crippen LogP contribution in [0.1, 0.15) is 53.8 Å². The summed E-state index contributed by atoms with van der Waals surface area (Å²) in [6.45, 7) is 7.44. The number of oxime groups is 1. The van der Waals surface area contributed by atoms with Crippen molar-refractivity contribution in [2.45, 2.75) is 39.7 Å². The van der Waals surface area contributed by atoms with Crippen LogP contribution in [0.3, 0.4) is 0 Å². The van der Waals surface area contributed by atoms with Gasteiger partial charge in [-0.1, -0.05) is 11.2 Å². The monoisotopic (exact) mass is 541 g/mol. The first-order valence-corrected chi connectivity index (χ1v) is 13.7. The number of hydrogen-bond donors (Lipinski definition) is 0. The van der Waals surface area contributed by atoms with Crippen molar-refractivity contribution in [1.82, 2.24) is 9.47 Å². The van der Waals surface area contributed by atoms with E-state index >= 15 is 0 Å². The van der Waals surface area contributed by atoms with Gasteiger partial charge in [-0.2, -0.15) is 0 Å². The maximum atomic E-state index is 13.6. The molecule has 0 amide bonds. The molecule has 1 aromatic heterocycles. The number of fused-ring (bicyclic) bond motifs is 5. The van der Waals surface area contributed by atoms with E-state index in [2.05, 4.69) is 27.6 Å². The van der Waals surface area contributed by atoms with Gasteiger partial charge in [0.05, 0.1) is 36.3 Å². The topological polar surface area (TPSA) is 99.4 Å². The number of nitrogens with zero attached hydrogens (tertiary/aromatic N) is 3. The lowest BCUT2D eigenvalue weighted by Crippen LogP contribution is -2.36. The van der Waals surface area contributed by atoms with E-state index in [-0.39, 0.29) is 30.3 Å². The molecule has 1 saturated heterocycles. The fourth-order valence-corrected chi connectivity index (χ4v) is 5.81. The highest BCUT2D eigenvalue weighted by molar-refractivity contribution is 6.47. The third-order valence-electron chi connectivity index (χ3n) is 7.77. The fraction of sp³-hybridized carbons (Fsp3) is 0.355. The first-order valence-electron chi connectivity index (χ1n) is 13.7. The molecular weight excluding hydrogens is 510 g/mol. The van der Waals surface area contributed by atoms with Gasteiger partial charge in [0.2, 0.25) is 5.78 Å². The predicted octanol–water partition coefficient (Wildman–Crippen LogP) is 4.82. The number of ether oxygens (including phenoxy) is 2. The third-order valence-corrected chi connectivity index (χ3v) is 7.77. The molecule has 3 heterocycles. The Morgan fingerprint density at radius 3 is 2.52 bits per heavy atom. The van der Waals surface area contributed by atoms with Gasteiger partial charge in [-0.15, -0.1) is 0 Å². The minimum Gasteiger partial charge on any atom is -0.492 e. The molecular formula is C31H31N3O6. The van der Waals surface area contributed by atoms with Crippen molar-refractivity contribution in [1.29, 1.82) is 0 Å². The lowest BCUT2D eigenvalue weighted by molar-refractivity contribution is -0.140. The quantitative estimate of drug-likeness (QED) is 0.259. The van der Waals surface area contributed by atoms with Gasteiger partial charge in [-0.25, -0.2) is 4.79 Å². The summed E-state index contributed by atoms with van der Waals surface area (Å²) in [6, 6.07) is 9.41. The van der Waals surface area contributed by atoms with Crippen LogP contribution in [-0.4, -0.2) is 65.6 Å². The van der Waals surface area contributed by atoms with E-state index < -0.39 is 5.97 Å². The molecule has 0 unspecified atom stereocenters. The highest BCUT2D eigenvalue weighted by Crippen LogP contribution is 2.40. The zero-order valence-electron chi connectivity index (χ0n) is 22.7. The van der Waals surface area contributed by atoms with Gasteiger partial charge < -0.3 is 23.8 Å². The number of carbonyl (C=O) groups excluding carboxylic acids is 3. The number of morpholine rings is 1. The van der Waals surface area contributed by atoms with Gasteiger partial charge >= 0.3 is 5.97 Å². The van der Waals surface area contributed by atoms with E-state index in [0.29, 0.717) is 29.8 Å². The van der Waals surface area contributed by atoms with Crippen LogP contribution in [0.5, 0.6) is 5.75 Å². The normalized spacial score (nSPS) is 18.7. The average molecular weight is 542 g/mol. The highest BCUT2D eigenvalue weighted by Gasteiger charge is 2.28. The molecule has 0 saturated carbocycles. The van der Waals surface area contributed by atoms with Crippen LogP contribution >= 0.6 is 0 Å². The number of ketones is 2. The summed E-state index contributed by atoms with van der Waals surface area (Å²) in [5, 5.41) is 5.42. The number of hydrogen-bond acceptors (Lipinski definition) is 8. The number of benzene rings is 2. The van der Waals surface area contributed by atoms with E-state index in [1.807, 2.05) is 30.3 Å². The molecule has 206 valence electrons. The molecule has 1 aliphatic carbocycles. The van der Waals surface area contributed by atoms with Crippen molar-refractivity contribution in [3.63, 3.8) is 0 Å². The molecule has 3 aliphatic rings. The fourth-order valence-electron chi connectivity index (χ4n) is 5.81. The number of carbonyl (C=O) groups is 3. The lowest BCUT2D eigenvalue weighted by atomic mass is 9.93. The number of aryl methyl sites for hydroxylation is 1. The Balaban J connectivity index is 1.41. The van der Waals surface area contributed by atoms with E-state index in [9.17, 15) is 14.4 Å². The maximum absolute atomic E-state index is 13.6. The molecule has 3 aromatic rings. The van der Waals surface area contributed by atoms with E-state index in [1.165, 1.54) is 12.6 Å². The summed E-state index contributed by atoms with van der Waals surface area (Å²) < 4.78 is 13.8. The lowest BCUT2D eigenvalue weighted by Gasteiger charge is -2.32. The summed E-state index contributed by atoms with van der Waals surface area (Å²) in [6.07, 6.45) is 5.75.